The fourth-order valence-electron chi connectivity index (χ4n) is 2.71. The summed E-state index contributed by atoms with van der Waals surface area (Å²) in [5.41, 5.74) is 3.10. The average Bonchev–Trinajstić information content (AvgIpc) is 3.08. The highest BCUT2D eigenvalue weighted by molar-refractivity contribution is 14.0. The second-order valence-corrected chi connectivity index (χ2v) is 6.98. The van der Waals surface area contributed by atoms with Crippen LogP contribution in [0.25, 0.3) is 5.65 Å². The molecule has 0 fully saturated rings. The first kappa shape index (κ1) is 22.5. The topological polar surface area (TPSA) is 63.0 Å². The van der Waals surface area contributed by atoms with Crippen LogP contribution in [0.1, 0.15) is 18.2 Å². The molecule has 0 aliphatic heterocycles. The van der Waals surface area contributed by atoms with Crippen molar-refractivity contribution in [3.63, 3.8) is 0 Å². The number of imidazole rings is 1. The van der Waals surface area contributed by atoms with Crippen molar-refractivity contribution < 1.29 is 4.74 Å². The Kier molecular flexibility index (Phi) is 9.04. The molecule has 0 unspecified atom stereocenters. The molecular formula is C20H25BrIN5O. The molecular weight excluding hydrogens is 533 g/mol. The van der Waals surface area contributed by atoms with Crippen molar-refractivity contribution in [3.8, 4) is 5.75 Å². The molecule has 8 heteroatoms. The third-order valence-electron chi connectivity index (χ3n) is 4.07. The molecule has 0 amide bonds. The lowest BCUT2D eigenvalue weighted by atomic mass is 10.1. The second kappa shape index (κ2) is 11.3. The van der Waals surface area contributed by atoms with E-state index in [9.17, 15) is 0 Å². The Bertz CT molecular complexity index is 911. The van der Waals surface area contributed by atoms with E-state index in [2.05, 4.69) is 55.6 Å². The van der Waals surface area contributed by atoms with Crippen molar-refractivity contribution in [2.24, 2.45) is 4.99 Å². The van der Waals surface area contributed by atoms with Gasteiger partial charge in [-0.3, -0.25) is 0 Å². The van der Waals surface area contributed by atoms with Crippen molar-refractivity contribution in [1.82, 2.24) is 20.0 Å². The Balaban J connectivity index is 0.00000280. The summed E-state index contributed by atoms with van der Waals surface area (Å²) in [5, 5.41) is 6.65. The SMILES string of the molecule is CCNC(=NCc1cn2cc(Br)ccc2n1)NCCc1ccc(OC)cc1.I. The zero-order valence-corrected chi connectivity index (χ0v) is 19.9. The van der Waals surface area contributed by atoms with Crippen LogP contribution in [0.5, 0.6) is 5.75 Å². The van der Waals surface area contributed by atoms with Gasteiger partial charge in [0.05, 0.1) is 19.3 Å². The van der Waals surface area contributed by atoms with Crippen molar-refractivity contribution in [2.75, 3.05) is 20.2 Å². The van der Waals surface area contributed by atoms with Crippen LogP contribution in [0.4, 0.5) is 0 Å². The van der Waals surface area contributed by atoms with Gasteiger partial charge in [0.1, 0.15) is 11.4 Å². The van der Waals surface area contributed by atoms with Crippen LogP contribution >= 0.6 is 39.9 Å². The smallest absolute Gasteiger partial charge is 0.191 e. The molecule has 0 radical (unpaired) electrons. The van der Waals surface area contributed by atoms with Gasteiger partial charge in [-0.15, -0.1) is 24.0 Å². The van der Waals surface area contributed by atoms with E-state index in [1.165, 1.54) is 5.56 Å². The Morgan fingerprint density at radius 1 is 1.14 bits per heavy atom. The molecule has 0 bridgehead atoms. The van der Waals surface area contributed by atoms with Crippen LogP contribution < -0.4 is 15.4 Å². The molecule has 3 aromatic rings. The Morgan fingerprint density at radius 3 is 2.64 bits per heavy atom. The number of hydrogen-bond acceptors (Lipinski definition) is 3. The van der Waals surface area contributed by atoms with E-state index < -0.39 is 0 Å². The molecule has 150 valence electrons. The summed E-state index contributed by atoms with van der Waals surface area (Å²) in [4.78, 5) is 9.24. The summed E-state index contributed by atoms with van der Waals surface area (Å²) in [6.07, 6.45) is 4.91. The summed E-state index contributed by atoms with van der Waals surface area (Å²) in [7, 11) is 1.68. The number of ether oxygens (including phenoxy) is 1. The fraction of sp³-hybridized carbons (Fsp3) is 0.300. The standard InChI is InChI=1S/C20H24BrN5O.HI/c1-3-22-20(23-11-10-15-4-7-18(27-2)8-5-15)24-12-17-14-26-13-16(21)6-9-19(26)25-17;/h4-9,13-14H,3,10-12H2,1-2H3,(H2,22,23,24);1H. The van der Waals surface area contributed by atoms with E-state index in [-0.39, 0.29) is 24.0 Å². The highest BCUT2D eigenvalue weighted by atomic mass is 127. The lowest BCUT2D eigenvalue weighted by Gasteiger charge is -2.11. The molecule has 0 aliphatic rings. The second-order valence-electron chi connectivity index (χ2n) is 6.07. The molecule has 0 saturated carbocycles. The van der Waals surface area contributed by atoms with Gasteiger partial charge in [-0.2, -0.15) is 0 Å². The monoisotopic (exact) mass is 557 g/mol. The van der Waals surface area contributed by atoms with Gasteiger partial charge in [-0.1, -0.05) is 12.1 Å². The number of methoxy groups -OCH3 is 1. The zero-order chi connectivity index (χ0) is 19.1. The number of aliphatic imine (C=N–C) groups is 1. The minimum Gasteiger partial charge on any atom is -0.497 e. The Hall–Kier alpha value is -1.81. The molecule has 0 atom stereocenters. The molecule has 0 spiro atoms. The van der Waals surface area contributed by atoms with Crippen LogP contribution in [0, 0.1) is 0 Å². The molecule has 6 nitrogen and oxygen atoms in total. The minimum absolute atomic E-state index is 0. The summed E-state index contributed by atoms with van der Waals surface area (Å²) in [6, 6.07) is 12.1. The first-order chi connectivity index (χ1) is 13.2. The molecule has 2 heterocycles. The van der Waals surface area contributed by atoms with Crippen LogP contribution in [0.3, 0.4) is 0 Å². The van der Waals surface area contributed by atoms with Crippen LogP contribution in [0.2, 0.25) is 0 Å². The largest absolute Gasteiger partial charge is 0.497 e. The number of benzene rings is 1. The normalized spacial score (nSPS) is 11.2. The third-order valence-corrected chi connectivity index (χ3v) is 4.54. The van der Waals surface area contributed by atoms with Crippen LogP contribution in [-0.2, 0) is 13.0 Å². The molecule has 0 aliphatic carbocycles. The zero-order valence-electron chi connectivity index (χ0n) is 16.0. The number of pyridine rings is 1. The number of nitrogens with one attached hydrogen (secondary N) is 2. The molecule has 2 aromatic heterocycles. The van der Waals surface area contributed by atoms with E-state index in [1.807, 2.05) is 41.1 Å². The van der Waals surface area contributed by atoms with E-state index in [0.29, 0.717) is 6.54 Å². The highest BCUT2D eigenvalue weighted by Gasteiger charge is 2.03. The lowest BCUT2D eigenvalue weighted by molar-refractivity contribution is 0.414. The number of guanidine groups is 1. The van der Waals surface area contributed by atoms with Gasteiger partial charge in [-0.05, 0) is 59.1 Å². The maximum absolute atomic E-state index is 5.19. The summed E-state index contributed by atoms with van der Waals surface area (Å²) >= 11 is 3.48. The quantitative estimate of drug-likeness (QED) is 0.262. The van der Waals surface area contributed by atoms with Crippen LogP contribution in [-0.4, -0.2) is 35.5 Å². The predicted molar refractivity (Wildman–Crippen MR) is 128 cm³/mol. The number of hydrogen-bond donors (Lipinski definition) is 2. The Morgan fingerprint density at radius 2 is 1.93 bits per heavy atom. The van der Waals surface area contributed by atoms with Gasteiger partial charge in [0, 0.05) is 30.0 Å². The molecule has 28 heavy (non-hydrogen) atoms. The minimum atomic E-state index is 0. The fourth-order valence-corrected chi connectivity index (χ4v) is 3.07. The number of fused-ring (bicyclic) bond motifs is 1. The van der Waals surface area contributed by atoms with Gasteiger partial charge in [0.2, 0.25) is 0 Å². The van der Waals surface area contributed by atoms with E-state index in [4.69, 9.17) is 4.74 Å². The molecule has 2 N–H and O–H groups in total. The molecule has 0 saturated heterocycles. The Labute approximate surface area is 191 Å². The van der Waals surface area contributed by atoms with Crippen molar-refractivity contribution in [3.05, 3.63) is 64.5 Å². The highest BCUT2D eigenvalue weighted by Crippen LogP contribution is 2.13. The number of rotatable bonds is 7. The van der Waals surface area contributed by atoms with Gasteiger partial charge < -0.3 is 19.8 Å². The third kappa shape index (κ3) is 6.37. The number of aromatic nitrogens is 2. The molecule has 3 rings (SSSR count). The lowest BCUT2D eigenvalue weighted by Crippen LogP contribution is -2.38. The maximum Gasteiger partial charge on any atom is 0.191 e. The number of nitrogens with zero attached hydrogens (tertiary/aromatic N) is 3. The van der Waals surface area contributed by atoms with Crippen molar-refractivity contribution in [2.45, 2.75) is 19.9 Å². The van der Waals surface area contributed by atoms with E-state index >= 15 is 0 Å². The number of halogens is 2. The maximum atomic E-state index is 5.19. The van der Waals surface area contributed by atoms with Gasteiger partial charge in [-0.25, -0.2) is 9.98 Å². The first-order valence-electron chi connectivity index (χ1n) is 8.96. The summed E-state index contributed by atoms with van der Waals surface area (Å²) in [6.45, 7) is 4.20. The average molecular weight is 558 g/mol. The molecule has 1 aromatic carbocycles. The van der Waals surface area contributed by atoms with E-state index in [0.717, 1.165) is 47.0 Å². The summed E-state index contributed by atoms with van der Waals surface area (Å²) < 4.78 is 8.21. The van der Waals surface area contributed by atoms with Gasteiger partial charge in [0.15, 0.2) is 5.96 Å². The predicted octanol–water partition coefficient (Wildman–Crippen LogP) is 4.02. The van der Waals surface area contributed by atoms with Gasteiger partial charge >= 0.3 is 0 Å². The first-order valence-corrected chi connectivity index (χ1v) is 9.75. The van der Waals surface area contributed by atoms with Crippen molar-refractivity contribution in [1.29, 1.82) is 0 Å². The van der Waals surface area contributed by atoms with Crippen molar-refractivity contribution >= 4 is 51.5 Å². The van der Waals surface area contributed by atoms with Gasteiger partial charge in [0.25, 0.3) is 0 Å². The van der Waals surface area contributed by atoms with E-state index in [1.54, 1.807) is 7.11 Å². The summed E-state index contributed by atoms with van der Waals surface area (Å²) in [5.74, 6) is 1.67. The van der Waals surface area contributed by atoms with Crippen LogP contribution in [0.15, 0.2) is 58.3 Å².